The zero-order valence-corrected chi connectivity index (χ0v) is 12.2. The van der Waals surface area contributed by atoms with Crippen LogP contribution in [-0.2, 0) is 0 Å². The van der Waals surface area contributed by atoms with Crippen LogP contribution >= 0.6 is 39.9 Å². The van der Waals surface area contributed by atoms with Crippen molar-refractivity contribution in [1.82, 2.24) is 10.6 Å². The molecular formula is C11H13BrCl2N2O. The Hall–Kier alpha value is -0.290. The van der Waals surface area contributed by atoms with E-state index >= 15 is 0 Å². The van der Waals surface area contributed by atoms with Crippen molar-refractivity contribution < 1.29 is 4.79 Å². The van der Waals surface area contributed by atoms with Gasteiger partial charge in [-0.3, -0.25) is 4.79 Å². The molecule has 0 radical (unpaired) electrons. The molecule has 6 heteroatoms. The van der Waals surface area contributed by atoms with Gasteiger partial charge in [0.05, 0.1) is 10.6 Å². The quantitative estimate of drug-likeness (QED) is 0.869. The molecule has 1 saturated heterocycles. The number of hydrogen-bond acceptors (Lipinski definition) is 2. The van der Waals surface area contributed by atoms with Crippen LogP contribution in [0.5, 0.6) is 0 Å². The van der Waals surface area contributed by atoms with Crippen LogP contribution in [0, 0.1) is 0 Å². The summed E-state index contributed by atoms with van der Waals surface area (Å²) in [7, 11) is 0. The Morgan fingerprint density at radius 2 is 2.29 bits per heavy atom. The van der Waals surface area contributed by atoms with E-state index in [9.17, 15) is 4.79 Å². The first-order valence-corrected chi connectivity index (χ1v) is 6.30. The lowest BCUT2D eigenvalue weighted by Crippen LogP contribution is -2.36. The van der Waals surface area contributed by atoms with E-state index < -0.39 is 0 Å². The van der Waals surface area contributed by atoms with E-state index in [1.165, 1.54) is 0 Å². The van der Waals surface area contributed by atoms with Gasteiger partial charge in [-0.1, -0.05) is 27.5 Å². The molecule has 0 spiro atoms. The number of carbonyl (C=O) groups is 1. The average Bonchev–Trinajstić information content (AvgIpc) is 2.74. The van der Waals surface area contributed by atoms with Crippen molar-refractivity contribution in [2.75, 3.05) is 13.1 Å². The molecule has 2 rings (SSSR count). The minimum Gasteiger partial charge on any atom is -0.348 e. The third kappa shape index (κ3) is 3.85. The van der Waals surface area contributed by atoms with Crippen LogP contribution in [0.25, 0.3) is 0 Å². The van der Waals surface area contributed by atoms with E-state index in [2.05, 4.69) is 26.6 Å². The van der Waals surface area contributed by atoms with Gasteiger partial charge in [-0.2, -0.15) is 0 Å². The zero-order valence-electron chi connectivity index (χ0n) is 9.00. The molecule has 3 nitrogen and oxygen atoms in total. The first-order valence-electron chi connectivity index (χ1n) is 5.13. The van der Waals surface area contributed by atoms with Crippen LogP contribution in [0.15, 0.2) is 22.7 Å². The molecule has 1 atom stereocenters. The molecule has 2 N–H and O–H groups in total. The van der Waals surface area contributed by atoms with Gasteiger partial charge in [0.25, 0.3) is 5.91 Å². The van der Waals surface area contributed by atoms with E-state index in [4.69, 9.17) is 11.6 Å². The van der Waals surface area contributed by atoms with Gasteiger partial charge in [-0.25, -0.2) is 0 Å². The van der Waals surface area contributed by atoms with Crippen LogP contribution in [-0.4, -0.2) is 25.0 Å². The average molecular weight is 340 g/mol. The SMILES string of the molecule is Cl.O=C(NC1CCNC1)c1cc(Br)ccc1Cl. The Morgan fingerprint density at radius 1 is 1.53 bits per heavy atom. The molecule has 0 aliphatic carbocycles. The maximum absolute atomic E-state index is 11.9. The Kier molecular flexibility index (Phi) is 5.73. The van der Waals surface area contributed by atoms with Gasteiger partial charge in [-0.05, 0) is 31.2 Å². The summed E-state index contributed by atoms with van der Waals surface area (Å²) in [5, 5.41) is 6.63. The van der Waals surface area contributed by atoms with Crippen molar-refractivity contribution in [3.05, 3.63) is 33.3 Å². The fraction of sp³-hybridized carbons (Fsp3) is 0.364. The molecule has 1 aliphatic rings. The summed E-state index contributed by atoms with van der Waals surface area (Å²) in [4.78, 5) is 11.9. The monoisotopic (exact) mass is 338 g/mol. The Labute approximate surface area is 120 Å². The summed E-state index contributed by atoms with van der Waals surface area (Å²) in [6.45, 7) is 1.79. The van der Waals surface area contributed by atoms with E-state index in [0.717, 1.165) is 24.0 Å². The molecule has 1 aromatic rings. The van der Waals surface area contributed by atoms with Crippen molar-refractivity contribution in [1.29, 1.82) is 0 Å². The zero-order chi connectivity index (χ0) is 11.5. The van der Waals surface area contributed by atoms with Gasteiger partial charge in [0.2, 0.25) is 0 Å². The summed E-state index contributed by atoms with van der Waals surface area (Å²) in [6, 6.07) is 5.48. The highest BCUT2D eigenvalue weighted by Gasteiger charge is 2.19. The second-order valence-corrected chi connectivity index (χ2v) is 5.11. The lowest BCUT2D eigenvalue weighted by molar-refractivity contribution is 0.0940. The normalized spacial score (nSPS) is 18.6. The highest BCUT2D eigenvalue weighted by atomic mass is 79.9. The van der Waals surface area contributed by atoms with Gasteiger partial charge in [-0.15, -0.1) is 12.4 Å². The number of rotatable bonds is 2. The molecule has 94 valence electrons. The maximum atomic E-state index is 11.9. The number of hydrogen-bond donors (Lipinski definition) is 2. The number of carbonyl (C=O) groups excluding carboxylic acids is 1. The topological polar surface area (TPSA) is 41.1 Å². The summed E-state index contributed by atoms with van der Waals surface area (Å²) in [6.07, 6.45) is 0.970. The summed E-state index contributed by atoms with van der Waals surface area (Å²) < 4.78 is 0.853. The molecule has 0 bridgehead atoms. The second kappa shape index (κ2) is 6.59. The second-order valence-electron chi connectivity index (χ2n) is 3.79. The third-order valence-corrected chi connectivity index (χ3v) is 3.39. The first-order chi connectivity index (χ1) is 7.66. The predicted octanol–water partition coefficient (Wildman–Crippen LogP) is 2.62. The summed E-state index contributed by atoms with van der Waals surface area (Å²) >= 11 is 9.31. The van der Waals surface area contributed by atoms with Crippen LogP contribution in [0.4, 0.5) is 0 Å². The predicted molar refractivity (Wildman–Crippen MR) is 75.1 cm³/mol. The Bertz CT molecular complexity index is 408. The van der Waals surface area contributed by atoms with Crippen molar-refractivity contribution in [2.24, 2.45) is 0 Å². The van der Waals surface area contributed by atoms with E-state index in [0.29, 0.717) is 10.6 Å². The molecule has 1 aromatic carbocycles. The molecule has 17 heavy (non-hydrogen) atoms. The smallest absolute Gasteiger partial charge is 0.253 e. The largest absolute Gasteiger partial charge is 0.348 e. The maximum Gasteiger partial charge on any atom is 0.253 e. The van der Waals surface area contributed by atoms with Crippen molar-refractivity contribution in [3.63, 3.8) is 0 Å². The lowest BCUT2D eigenvalue weighted by atomic mass is 10.2. The minimum atomic E-state index is -0.111. The molecule has 0 aromatic heterocycles. The third-order valence-electron chi connectivity index (χ3n) is 2.57. The van der Waals surface area contributed by atoms with Crippen molar-refractivity contribution >= 4 is 45.8 Å². The van der Waals surface area contributed by atoms with Crippen molar-refractivity contribution in [3.8, 4) is 0 Å². The van der Waals surface area contributed by atoms with E-state index in [1.807, 2.05) is 6.07 Å². The standard InChI is InChI=1S/C11H12BrClN2O.ClH/c12-7-1-2-10(13)9(5-7)11(16)15-8-3-4-14-6-8;/h1-2,5,8,14H,3-4,6H2,(H,15,16);1H. The Morgan fingerprint density at radius 3 is 2.94 bits per heavy atom. The molecule has 1 fully saturated rings. The van der Waals surface area contributed by atoms with Crippen LogP contribution in [0.1, 0.15) is 16.8 Å². The van der Waals surface area contributed by atoms with E-state index in [1.54, 1.807) is 12.1 Å². The lowest BCUT2D eigenvalue weighted by Gasteiger charge is -2.12. The van der Waals surface area contributed by atoms with Gasteiger partial charge in [0, 0.05) is 17.1 Å². The molecule has 0 saturated carbocycles. The number of amides is 1. The minimum absolute atomic E-state index is 0. The van der Waals surface area contributed by atoms with Gasteiger partial charge in [0.15, 0.2) is 0 Å². The molecule has 1 amide bonds. The molecule has 1 unspecified atom stereocenters. The van der Waals surface area contributed by atoms with Gasteiger partial charge >= 0.3 is 0 Å². The van der Waals surface area contributed by atoms with E-state index in [-0.39, 0.29) is 24.4 Å². The van der Waals surface area contributed by atoms with Gasteiger partial charge in [0.1, 0.15) is 0 Å². The van der Waals surface area contributed by atoms with Crippen LogP contribution < -0.4 is 10.6 Å². The first kappa shape index (κ1) is 14.8. The Balaban J connectivity index is 0.00000144. The molecular weight excluding hydrogens is 327 g/mol. The van der Waals surface area contributed by atoms with Crippen molar-refractivity contribution in [2.45, 2.75) is 12.5 Å². The summed E-state index contributed by atoms with van der Waals surface area (Å²) in [5.41, 5.74) is 0.517. The fourth-order valence-corrected chi connectivity index (χ4v) is 2.28. The highest BCUT2D eigenvalue weighted by Crippen LogP contribution is 2.21. The van der Waals surface area contributed by atoms with Crippen LogP contribution in [0.2, 0.25) is 5.02 Å². The number of benzene rings is 1. The number of nitrogens with one attached hydrogen (secondary N) is 2. The summed E-state index contributed by atoms with van der Waals surface area (Å²) in [5.74, 6) is -0.111. The highest BCUT2D eigenvalue weighted by molar-refractivity contribution is 9.10. The fourth-order valence-electron chi connectivity index (χ4n) is 1.71. The molecule has 1 aliphatic heterocycles. The van der Waals surface area contributed by atoms with Gasteiger partial charge < -0.3 is 10.6 Å². The number of halogens is 3. The van der Waals surface area contributed by atoms with Crippen LogP contribution in [0.3, 0.4) is 0 Å². The molecule has 1 heterocycles.